The van der Waals surface area contributed by atoms with E-state index in [4.69, 9.17) is 0 Å². The van der Waals surface area contributed by atoms with E-state index in [9.17, 15) is 5.11 Å². The fourth-order valence-corrected chi connectivity index (χ4v) is 3.93. The van der Waals surface area contributed by atoms with Crippen LogP contribution >= 0.6 is 11.3 Å². The van der Waals surface area contributed by atoms with Gasteiger partial charge in [-0.15, -0.1) is 11.3 Å². The van der Waals surface area contributed by atoms with Gasteiger partial charge in [0.1, 0.15) is 0 Å². The van der Waals surface area contributed by atoms with Gasteiger partial charge in [0.15, 0.2) is 0 Å². The second kappa shape index (κ2) is 3.56. The summed E-state index contributed by atoms with van der Waals surface area (Å²) in [5.74, 6) is 2.29. The van der Waals surface area contributed by atoms with Crippen LogP contribution in [-0.4, -0.2) is 16.2 Å². The third-order valence-corrected chi connectivity index (χ3v) is 4.82. The summed E-state index contributed by atoms with van der Waals surface area (Å²) in [5.41, 5.74) is 1.08. The molecule has 0 radical (unpaired) electrons. The average molecular weight is 223 g/mol. The van der Waals surface area contributed by atoms with Crippen molar-refractivity contribution in [1.29, 1.82) is 0 Å². The Bertz CT molecular complexity index is 352. The summed E-state index contributed by atoms with van der Waals surface area (Å²) in [6.45, 7) is 2.02. The molecule has 3 heteroatoms. The van der Waals surface area contributed by atoms with Crippen molar-refractivity contribution < 1.29 is 5.11 Å². The number of fused-ring (bicyclic) bond motifs is 1. The fraction of sp³-hybridized carbons (Fsp3) is 0.750. The van der Waals surface area contributed by atoms with Crippen LogP contribution in [0.2, 0.25) is 0 Å². The second-order valence-corrected chi connectivity index (χ2v) is 6.03. The number of nitrogens with zero attached hydrogens (tertiary/aromatic N) is 1. The van der Waals surface area contributed by atoms with Gasteiger partial charge in [-0.25, -0.2) is 4.98 Å². The summed E-state index contributed by atoms with van der Waals surface area (Å²) in [6.07, 6.45) is 4.71. The molecule has 1 N–H and O–H groups in total. The minimum absolute atomic E-state index is 0.137. The molecule has 82 valence electrons. The van der Waals surface area contributed by atoms with Gasteiger partial charge in [-0.1, -0.05) is 6.42 Å². The molecule has 2 nitrogen and oxygen atoms in total. The van der Waals surface area contributed by atoms with Gasteiger partial charge in [0.25, 0.3) is 0 Å². The number of hydrogen-bond acceptors (Lipinski definition) is 3. The highest BCUT2D eigenvalue weighted by molar-refractivity contribution is 7.09. The lowest BCUT2D eigenvalue weighted by atomic mass is 10.0. The van der Waals surface area contributed by atoms with E-state index in [2.05, 4.69) is 10.4 Å². The van der Waals surface area contributed by atoms with Gasteiger partial charge in [-0.2, -0.15) is 0 Å². The van der Waals surface area contributed by atoms with Gasteiger partial charge in [0.05, 0.1) is 16.8 Å². The van der Waals surface area contributed by atoms with Crippen LogP contribution < -0.4 is 0 Å². The van der Waals surface area contributed by atoms with Crippen LogP contribution in [0.1, 0.15) is 30.0 Å². The summed E-state index contributed by atoms with van der Waals surface area (Å²) in [5, 5.41) is 13.3. The van der Waals surface area contributed by atoms with Crippen molar-refractivity contribution in [1.82, 2.24) is 4.98 Å². The molecule has 0 saturated heterocycles. The summed E-state index contributed by atoms with van der Waals surface area (Å²) >= 11 is 1.68. The SMILES string of the molecule is Cc1nc(CC(O)C2C3CCCC32)cs1. The number of aliphatic hydroxyl groups is 1. The zero-order valence-electron chi connectivity index (χ0n) is 9.02. The lowest BCUT2D eigenvalue weighted by Gasteiger charge is -2.10. The van der Waals surface area contributed by atoms with Crippen LogP contribution in [0.3, 0.4) is 0 Å². The van der Waals surface area contributed by atoms with E-state index in [1.807, 2.05) is 6.92 Å². The molecular weight excluding hydrogens is 206 g/mol. The molecule has 2 saturated carbocycles. The molecule has 15 heavy (non-hydrogen) atoms. The minimum atomic E-state index is -0.137. The van der Waals surface area contributed by atoms with Crippen molar-refractivity contribution in [3.05, 3.63) is 16.1 Å². The van der Waals surface area contributed by atoms with Crippen molar-refractivity contribution in [3.8, 4) is 0 Å². The molecule has 3 rings (SSSR count). The lowest BCUT2D eigenvalue weighted by molar-refractivity contribution is 0.134. The van der Waals surface area contributed by atoms with Crippen molar-refractivity contribution >= 4 is 11.3 Å². The number of hydrogen-bond donors (Lipinski definition) is 1. The molecule has 0 bridgehead atoms. The van der Waals surface area contributed by atoms with Gasteiger partial charge >= 0.3 is 0 Å². The molecular formula is C12H17NOS. The van der Waals surface area contributed by atoms with Gasteiger partial charge in [0.2, 0.25) is 0 Å². The monoisotopic (exact) mass is 223 g/mol. The normalized spacial score (nSPS) is 35.2. The fourth-order valence-electron chi connectivity index (χ4n) is 3.30. The van der Waals surface area contributed by atoms with E-state index in [0.717, 1.165) is 29.0 Å². The van der Waals surface area contributed by atoms with Gasteiger partial charge in [-0.05, 0) is 37.5 Å². The molecule has 0 aromatic carbocycles. The Morgan fingerprint density at radius 2 is 2.27 bits per heavy atom. The number of thiazole rings is 1. The number of aryl methyl sites for hydroxylation is 1. The Hall–Kier alpha value is -0.410. The minimum Gasteiger partial charge on any atom is -0.392 e. The quantitative estimate of drug-likeness (QED) is 0.853. The Kier molecular flexibility index (Phi) is 2.33. The standard InChI is InChI=1S/C12H17NOS/c1-7-13-8(6-15-7)5-11(14)12-9-3-2-4-10(9)12/h6,9-12,14H,2-5H2,1H3. The van der Waals surface area contributed by atoms with Crippen molar-refractivity contribution in [2.24, 2.45) is 17.8 Å². The summed E-state index contributed by atoms with van der Waals surface area (Å²) in [7, 11) is 0. The molecule has 2 aliphatic carbocycles. The molecule has 2 fully saturated rings. The molecule has 3 unspecified atom stereocenters. The predicted octanol–water partition coefficient (Wildman–Crippen LogP) is 2.40. The zero-order valence-corrected chi connectivity index (χ0v) is 9.83. The second-order valence-electron chi connectivity index (χ2n) is 4.97. The van der Waals surface area contributed by atoms with E-state index in [0.29, 0.717) is 5.92 Å². The first-order chi connectivity index (χ1) is 7.25. The van der Waals surface area contributed by atoms with Gasteiger partial charge in [0, 0.05) is 11.8 Å². The molecule has 2 aliphatic rings. The highest BCUT2D eigenvalue weighted by Crippen LogP contribution is 2.59. The summed E-state index contributed by atoms with van der Waals surface area (Å²) in [4.78, 5) is 4.41. The molecule has 0 spiro atoms. The third-order valence-electron chi connectivity index (χ3n) is 4.00. The predicted molar refractivity (Wildman–Crippen MR) is 60.9 cm³/mol. The molecule has 0 aliphatic heterocycles. The Balaban J connectivity index is 1.60. The first-order valence-corrected chi connectivity index (χ1v) is 6.73. The van der Waals surface area contributed by atoms with Crippen LogP contribution in [0.4, 0.5) is 0 Å². The lowest BCUT2D eigenvalue weighted by Crippen LogP contribution is -2.16. The first-order valence-electron chi connectivity index (χ1n) is 5.85. The zero-order chi connectivity index (χ0) is 10.4. The van der Waals surface area contributed by atoms with Crippen LogP contribution in [0.15, 0.2) is 5.38 Å². The smallest absolute Gasteiger partial charge is 0.0897 e. The van der Waals surface area contributed by atoms with E-state index < -0.39 is 0 Å². The van der Waals surface area contributed by atoms with Gasteiger partial charge < -0.3 is 5.11 Å². The van der Waals surface area contributed by atoms with E-state index in [1.54, 1.807) is 11.3 Å². The maximum absolute atomic E-state index is 10.1. The molecule has 1 aromatic heterocycles. The maximum Gasteiger partial charge on any atom is 0.0897 e. The summed E-state index contributed by atoms with van der Waals surface area (Å²) < 4.78 is 0. The van der Waals surface area contributed by atoms with Crippen LogP contribution in [0, 0.1) is 24.7 Å². The number of rotatable bonds is 3. The highest BCUT2D eigenvalue weighted by atomic mass is 32.1. The first kappa shape index (κ1) is 9.79. The van der Waals surface area contributed by atoms with Gasteiger partial charge in [-0.3, -0.25) is 0 Å². The van der Waals surface area contributed by atoms with Crippen molar-refractivity contribution in [2.45, 2.75) is 38.7 Å². The van der Waals surface area contributed by atoms with Crippen LogP contribution in [0.5, 0.6) is 0 Å². The summed E-state index contributed by atoms with van der Waals surface area (Å²) in [6, 6.07) is 0. The average Bonchev–Trinajstić information content (AvgIpc) is 2.60. The molecule has 3 atom stereocenters. The highest BCUT2D eigenvalue weighted by Gasteiger charge is 2.55. The number of aliphatic hydroxyl groups excluding tert-OH is 1. The molecule has 1 heterocycles. The van der Waals surface area contributed by atoms with E-state index in [-0.39, 0.29) is 6.10 Å². The Labute approximate surface area is 94.4 Å². The Morgan fingerprint density at radius 3 is 2.87 bits per heavy atom. The van der Waals surface area contributed by atoms with Crippen LogP contribution in [-0.2, 0) is 6.42 Å². The topological polar surface area (TPSA) is 33.1 Å². The molecule has 0 amide bonds. The number of aromatic nitrogens is 1. The molecule has 1 aromatic rings. The van der Waals surface area contributed by atoms with Crippen molar-refractivity contribution in [3.63, 3.8) is 0 Å². The maximum atomic E-state index is 10.1. The van der Waals surface area contributed by atoms with Crippen LogP contribution in [0.25, 0.3) is 0 Å². The van der Waals surface area contributed by atoms with E-state index in [1.165, 1.54) is 19.3 Å². The van der Waals surface area contributed by atoms with E-state index >= 15 is 0 Å². The Morgan fingerprint density at radius 1 is 1.53 bits per heavy atom. The third kappa shape index (κ3) is 1.72. The van der Waals surface area contributed by atoms with Crippen molar-refractivity contribution in [2.75, 3.05) is 0 Å². The largest absolute Gasteiger partial charge is 0.392 e.